The number of para-hydroxylation sites is 1. The summed E-state index contributed by atoms with van der Waals surface area (Å²) in [4.78, 5) is 18.1. The quantitative estimate of drug-likeness (QED) is 0.696. The first-order valence-electron chi connectivity index (χ1n) is 7.13. The fraction of sp³-hybridized carbons (Fsp3) is 0.176. The lowest BCUT2D eigenvalue weighted by molar-refractivity contribution is -0.137. The van der Waals surface area contributed by atoms with E-state index >= 15 is 0 Å². The van der Waals surface area contributed by atoms with Gasteiger partial charge in [-0.25, -0.2) is 4.98 Å². The smallest absolute Gasteiger partial charge is 0.291 e. The molecule has 3 nitrogen and oxygen atoms in total. The van der Waals surface area contributed by atoms with Crippen molar-refractivity contribution in [1.82, 2.24) is 4.98 Å². The van der Waals surface area contributed by atoms with Crippen LogP contribution in [0.2, 0.25) is 0 Å². The second kappa shape index (κ2) is 6.24. The minimum atomic E-state index is -4.42. The highest BCUT2D eigenvalue weighted by Gasteiger charge is 2.30. The standard InChI is InChI=1S/C17H13F3N2OS/c1-22(16-21-13-7-2-3-8-14(13)24-16)15(23)10-11-5-4-6-12(9-11)17(18,19)20/h2-9H,10H2,1H3. The van der Waals surface area contributed by atoms with Crippen LogP contribution in [0.5, 0.6) is 0 Å². The third kappa shape index (κ3) is 3.41. The van der Waals surface area contributed by atoms with Crippen LogP contribution in [0.4, 0.5) is 18.3 Å². The van der Waals surface area contributed by atoms with Crippen molar-refractivity contribution in [3.05, 3.63) is 59.7 Å². The molecule has 1 heterocycles. The lowest BCUT2D eigenvalue weighted by atomic mass is 10.1. The van der Waals surface area contributed by atoms with Crippen molar-refractivity contribution in [1.29, 1.82) is 0 Å². The molecular weight excluding hydrogens is 337 g/mol. The number of benzene rings is 2. The van der Waals surface area contributed by atoms with Crippen LogP contribution in [-0.4, -0.2) is 17.9 Å². The van der Waals surface area contributed by atoms with Crippen molar-refractivity contribution in [3.8, 4) is 0 Å². The number of fused-ring (bicyclic) bond motifs is 1. The Morgan fingerprint density at radius 1 is 1.17 bits per heavy atom. The number of anilines is 1. The molecule has 0 N–H and O–H groups in total. The number of carbonyl (C=O) groups excluding carboxylic acids is 1. The molecule has 0 spiro atoms. The van der Waals surface area contributed by atoms with Crippen LogP contribution < -0.4 is 4.90 Å². The molecule has 0 aliphatic rings. The van der Waals surface area contributed by atoms with E-state index < -0.39 is 11.7 Å². The lowest BCUT2D eigenvalue weighted by Gasteiger charge is -2.14. The Bertz CT molecular complexity index is 856. The van der Waals surface area contributed by atoms with E-state index in [0.717, 1.165) is 22.3 Å². The number of halogens is 3. The molecule has 1 amide bonds. The van der Waals surface area contributed by atoms with Crippen LogP contribution in [0.25, 0.3) is 10.2 Å². The first-order valence-corrected chi connectivity index (χ1v) is 7.94. The van der Waals surface area contributed by atoms with Crippen LogP contribution in [0.15, 0.2) is 48.5 Å². The number of alkyl halides is 3. The molecule has 24 heavy (non-hydrogen) atoms. The lowest BCUT2D eigenvalue weighted by Crippen LogP contribution is -2.27. The van der Waals surface area contributed by atoms with Crippen molar-refractivity contribution in [2.24, 2.45) is 0 Å². The summed E-state index contributed by atoms with van der Waals surface area (Å²) in [7, 11) is 1.58. The maximum Gasteiger partial charge on any atom is 0.416 e. The molecular formula is C17H13F3N2OS. The average molecular weight is 350 g/mol. The van der Waals surface area contributed by atoms with E-state index in [1.165, 1.54) is 28.4 Å². The van der Waals surface area contributed by atoms with Gasteiger partial charge in [0.05, 0.1) is 22.2 Å². The van der Waals surface area contributed by atoms with E-state index in [-0.39, 0.29) is 12.3 Å². The number of nitrogens with zero attached hydrogens (tertiary/aromatic N) is 2. The number of likely N-dealkylation sites (N-methyl/N-ethyl adjacent to an activating group) is 1. The van der Waals surface area contributed by atoms with Crippen LogP contribution in [0.1, 0.15) is 11.1 Å². The van der Waals surface area contributed by atoms with Crippen molar-refractivity contribution in [3.63, 3.8) is 0 Å². The molecule has 7 heteroatoms. The van der Waals surface area contributed by atoms with Gasteiger partial charge in [-0.3, -0.25) is 9.69 Å². The maximum absolute atomic E-state index is 12.7. The summed E-state index contributed by atoms with van der Waals surface area (Å²) in [6.07, 6.45) is -4.53. The van der Waals surface area contributed by atoms with Gasteiger partial charge in [-0.05, 0) is 23.8 Å². The van der Waals surface area contributed by atoms with Crippen LogP contribution in [-0.2, 0) is 17.4 Å². The molecule has 0 fully saturated rings. The third-order valence-electron chi connectivity index (χ3n) is 3.55. The molecule has 0 radical (unpaired) electrons. The molecule has 3 rings (SSSR count). The fourth-order valence-electron chi connectivity index (χ4n) is 2.26. The highest BCUT2D eigenvalue weighted by atomic mass is 32.1. The molecule has 0 unspecified atom stereocenters. The van der Waals surface area contributed by atoms with Gasteiger partial charge < -0.3 is 0 Å². The predicted molar refractivity (Wildman–Crippen MR) is 88.2 cm³/mol. The zero-order chi connectivity index (χ0) is 17.3. The number of carbonyl (C=O) groups is 1. The minimum absolute atomic E-state index is 0.115. The van der Waals surface area contributed by atoms with Gasteiger partial charge in [0, 0.05) is 7.05 Å². The van der Waals surface area contributed by atoms with Crippen LogP contribution >= 0.6 is 11.3 Å². The number of hydrogen-bond donors (Lipinski definition) is 0. The number of rotatable bonds is 3. The summed E-state index contributed by atoms with van der Waals surface area (Å²) in [5.41, 5.74) is 0.356. The van der Waals surface area contributed by atoms with Gasteiger partial charge in [0.25, 0.3) is 0 Å². The van der Waals surface area contributed by atoms with Crippen LogP contribution in [0.3, 0.4) is 0 Å². The number of amides is 1. The summed E-state index contributed by atoms with van der Waals surface area (Å²) in [5.74, 6) is -0.312. The SMILES string of the molecule is CN(C(=O)Cc1cccc(C(F)(F)F)c1)c1nc2ccccc2s1. The Kier molecular flexibility index (Phi) is 4.28. The van der Waals surface area contributed by atoms with Gasteiger partial charge in [0.15, 0.2) is 5.13 Å². The third-order valence-corrected chi connectivity index (χ3v) is 4.67. The molecule has 0 bridgehead atoms. The van der Waals surface area contributed by atoms with E-state index in [1.807, 2.05) is 24.3 Å². The number of aromatic nitrogens is 1. The Morgan fingerprint density at radius 2 is 1.92 bits per heavy atom. The maximum atomic E-state index is 12.7. The van der Waals surface area contributed by atoms with E-state index in [4.69, 9.17) is 0 Å². The molecule has 0 saturated heterocycles. The zero-order valence-corrected chi connectivity index (χ0v) is 13.5. The van der Waals surface area contributed by atoms with Gasteiger partial charge in [-0.15, -0.1) is 0 Å². The topological polar surface area (TPSA) is 33.2 Å². The Balaban J connectivity index is 1.79. The van der Waals surface area contributed by atoms with Gasteiger partial charge in [0.2, 0.25) is 5.91 Å². The monoisotopic (exact) mass is 350 g/mol. The largest absolute Gasteiger partial charge is 0.416 e. The number of hydrogen-bond acceptors (Lipinski definition) is 3. The van der Waals surface area contributed by atoms with E-state index in [0.29, 0.717) is 10.7 Å². The highest BCUT2D eigenvalue weighted by molar-refractivity contribution is 7.22. The second-order valence-corrected chi connectivity index (χ2v) is 6.30. The van der Waals surface area contributed by atoms with Gasteiger partial charge in [0.1, 0.15) is 0 Å². The molecule has 2 aromatic carbocycles. The summed E-state index contributed by atoms with van der Waals surface area (Å²) >= 11 is 1.37. The minimum Gasteiger partial charge on any atom is -0.291 e. The first kappa shape index (κ1) is 16.4. The van der Waals surface area contributed by atoms with E-state index in [2.05, 4.69) is 4.98 Å². The van der Waals surface area contributed by atoms with Crippen molar-refractivity contribution < 1.29 is 18.0 Å². The number of thiazole rings is 1. The van der Waals surface area contributed by atoms with Crippen LogP contribution in [0, 0.1) is 0 Å². The zero-order valence-electron chi connectivity index (χ0n) is 12.7. The first-order chi connectivity index (χ1) is 11.3. The summed E-state index contributed by atoms with van der Waals surface area (Å²) < 4.78 is 39.2. The van der Waals surface area contributed by atoms with Gasteiger partial charge in [-0.2, -0.15) is 13.2 Å². The molecule has 0 saturated carbocycles. The molecule has 124 valence electrons. The van der Waals surface area contributed by atoms with Crippen molar-refractivity contribution >= 4 is 32.6 Å². The summed E-state index contributed by atoms with van der Waals surface area (Å²) in [5, 5.41) is 0.521. The summed E-state index contributed by atoms with van der Waals surface area (Å²) in [6.45, 7) is 0. The predicted octanol–water partition coefficient (Wildman–Crippen LogP) is 4.52. The molecule has 0 aliphatic heterocycles. The molecule has 0 atom stereocenters. The second-order valence-electron chi connectivity index (χ2n) is 5.29. The Labute approximate surface area is 140 Å². The molecule has 0 aliphatic carbocycles. The highest BCUT2D eigenvalue weighted by Crippen LogP contribution is 2.30. The van der Waals surface area contributed by atoms with Gasteiger partial charge >= 0.3 is 6.18 Å². The molecule has 3 aromatic rings. The van der Waals surface area contributed by atoms with Crippen molar-refractivity contribution in [2.45, 2.75) is 12.6 Å². The van der Waals surface area contributed by atoms with Gasteiger partial charge in [-0.1, -0.05) is 41.7 Å². The van der Waals surface area contributed by atoms with E-state index in [9.17, 15) is 18.0 Å². The molecule has 1 aromatic heterocycles. The Hall–Kier alpha value is -2.41. The Morgan fingerprint density at radius 3 is 2.62 bits per heavy atom. The van der Waals surface area contributed by atoms with Crippen molar-refractivity contribution in [2.75, 3.05) is 11.9 Å². The average Bonchev–Trinajstić information content (AvgIpc) is 2.97. The normalized spacial score (nSPS) is 11.7. The summed E-state index contributed by atoms with van der Waals surface area (Å²) in [6, 6.07) is 12.3. The fourth-order valence-corrected chi connectivity index (χ4v) is 3.21. The van der Waals surface area contributed by atoms with E-state index in [1.54, 1.807) is 7.05 Å².